The molecule has 3 rings (SSSR count). The van der Waals surface area contributed by atoms with E-state index in [9.17, 15) is 14.3 Å². The monoisotopic (exact) mass is 345 g/mol. The lowest BCUT2D eigenvalue weighted by atomic mass is 10.0. The van der Waals surface area contributed by atoms with Gasteiger partial charge in [-0.1, -0.05) is 17.7 Å². The Labute approximate surface area is 141 Å². The summed E-state index contributed by atoms with van der Waals surface area (Å²) in [7, 11) is 0. The molecule has 0 saturated heterocycles. The highest BCUT2D eigenvalue weighted by Gasteiger charge is 2.14. The molecule has 2 aromatic carbocycles. The Morgan fingerprint density at radius 2 is 2.00 bits per heavy atom. The number of halogens is 2. The van der Waals surface area contributed by atoms with Crippen molar-refractivity contribution in [2.45, 2.75) is 13.8 Å². The molecule has 0 aliphatic carbocycles. The molecular formula is C18H13ClFNO3. The van der Waals surface area contributed by atoms with Gasteiger partial charge in [-0.15, -0.1) is 0 Å². The minimum absolute atomic E-state index is 0.0742. The normalized spacial score (nSPS) is 11.5. The average molecular weight is 346 g/mol. The quantitative estimate of drug-likeness (QED) is 0.542. The minimum Gasteiger partial charge on any atom is -0.506 e. The van der Waals surface area contributed by atoms with E-state index in [0.717, 1.165) is 11.1 Å². The van der Waals surface area contributed by atoms with Crippen molar-refractivity contribution in [1.29, 1.82) is 0 Å². The Balaban J connectivity index is 2.14. The van der Waals surface area contributed by atoms with Gasteiger partial charge in [0.2, 0.25) is 0 Å². The van der Waals surface area contributed by atoms with E-state index in [2.05, 4.69) is 4.99 Å². The molecule has 1 N–H and O–H groups in total. The van der Waals surface area contributed by atoms with Gasteiger partial charge < -0.3 is 9.52 Å². The Hall–Kier alpha value is -2.66. The maximum Gasteiger partial charge on any atom is 0.348 e. The molecule has 0 unspecified atom stereocenters. The van der Waals surface area contributed by atoms with Crippen LogP contribution in [-0.2, 0) is 0 Å². The van der Waals surface area contributed by atoms with Crippen molar-refractivity contribution in [3.05, 3.63) is 68.3 Å². The van der Waals surface area contributed by atoms with Gasteiger partial charge in [-0.2, -0.15) is 0 Å². The summed E-state index contributed by atoms with van der Waals surface area (Å²) >= 11 is 5.69. The number of fused-ring (bicyclic) bond motifs is 1. The Kier molecular flexibility index (Phi) is 4.11. The first kappa shape index (κ1) is 16.2. The van der Waals surface area contributed by atoms with Crippen LogP contribution in [0.1, 0.15) is 16.7 Å². The van der Waals surface area contributed by atoms with Crippen LogP contribution in [0.3, 0.4) is 0 Å². The van der Waals surface area contributed by atoms with Gasteiger partial charge in [-0.25, -0.2) is 9.18 Å². The summed E-state index contributed by atoms with van der Waals surface area (Å²) in [6, 6.07) is 7.46. The van der Waals surface area contributed by atoms with Gasteiger partial charge in [0.25, 0.3) is 0 Å². The van der Waals surface area contributed by atoms with Crippen LogP contribution in [0.2, 0.25) is 5.02 Å². The smallest absolute Gasteiger partial charge is 0.348 e. The first-order valence-electron chi connectivity index (χ1n) is 7.13. The lowest BCUT2D eigenvalue weighted by molar-refractivity contribution is 0.466. The Morgan fingerprint density at radius 1 is 1.25 bits per heavy atom. The summed E-state index contributed by atoms with van der Waals surface area (Å²) in [6.45, 7) is 3.69. The lowest BCUT2D eigenvalue weighted by Crippen LogP contribution is -2.07. The first-order chi connectivity index (χ1) is 11.4. The Morgan fingerprint density at radius 3 is 2.71 bits per heavy atom. The van der Waals surface area contributed by atoms with Crippen LogP contribution >= 0.6 is 11.6 Å². The van der Waals surface area contributed by atoms with E-state index >= 15 is 0 Å². The van der Waals surface area contributed by atoms with Gasteiger partial charge in [0.1, 0.15) is 22.7 Å². The second-order valence-electron chi connectivity index (χ2n) is 5.46. The highest BCUT2D eigenvalue weighted by Crippen LogP contribution is 2.30. The summed E-state index contributed by atoms with van der Waals surface area (Å²) in [6.07, 6.45) is 1.18. The number of aromatic hydroxyl groups is 1. The molecule has 0 amide bonds. The van der Waals surface area contributed by atoms with Gasteiger partial charge in [-0.05, 0) is 49.2 Å². The molecule has 4 nitrogen and oxygen atoms in total. The molecule has 0 aliphatic heterocycles. The number of aliphatic imine (C=N–C) groups is 1. The zero-order valence-corrected chi connectivity index (χ0v) is 13.7. The summed E-state index contributed by atoms with van der Waals surface area (Å²) < 4.78 is 18.4. The molecular weight excluding hydrogens is 333 g/mol. The molecule has 3 aromatic rings. The molecule has 122 valence electrons. The largest absolute Gasteiger partial charge is 0.506 e. The van der Waals surface area contributed by atoms with E-state index in [1.165, 1.54) is 24.4 Å². The van der Waals surface area contributed by atoms with Gasteiger partial charge >= 0.3 is 5.63 Å². The van der Waals surface area contributed by atoms with Crippen LogP contribution in [0.5, 0.6) is 5.75 Å². The van der Waals surface area contributed by atoms with E-state index in [-0.39, 0.29) is 16.3 Å². The van der Waals surface area contributed by atoms with Gasteiger partial charge in [0.05, 0.1) is 16.1 Å². The van der Waals surface area contributed by atoms with E-state index < -0.39 is 11.4 Å². The van der Waals surface area contributed by atoms with Gasteiger partial charge in [0.15, 0.2) is 0 Å². The predicted molar refractivity (Wildman–Crippen MR) is 92.3 cm³/mol. The summed E-state index contributed by atoms with van der Waals surface area (Å²) in [5.74, 6) is -0.759. The first-order valence-corrected chi connectivity index (χ1v) is 7.51. The molecule has 0 aliphatic rings. The van der Waals surface area contributed by atoms with Crippen LogP contribution in [0.4, 0.5) is 10.1 Å². The summed E-state index contributed by atoms with van der Waals surface area (Å²) in [5.41, 5.74) is 1.59. The number of benzene rings is 2. The van der Waals surface area contributed by atoms with Crippen molar-refractivity contribution in [3.8, 4) is 5.75 Å². The SMILES string of the molecule is Cc1cc(C)c2c(O)c(C=Nc3ccc(F)c(Cl)c3)c(=O)oc2c1. The fraction of sp³-hybridized carbons (Fsp3) is 0.111. The number of hydrogen-bond donors (Lipinski definition) is 1. The van der Waals surface area contributed by atoms with Crippen LogP contribution < -0.4 is 5.63 Å². The van der Waals surface area contributed by atoms with Gasteiger partial charge in [0, 0.05) is 6.21 Å². The standard InChI is InChI=1S/C18H13ClFNO3/c1-9-5-10(2)16-15(6-9)24-18(23)12(17(16)22)8-21-11-3-4-14(20)13(19)7-11/h3-8,22H,1-2H3. The molecule has 0 saturated carbocycles. The number of nitrogens with zero attached hydrogens (tertiary/aromatic N) is 1. The van der Waals surface area contributed by atoms with E-state index in [1.807, 2.05) is 19.9 Å². The number of hydrogen-bond acceptors (Lipinski definition) is 4. The third kappa shape index (κ3) is 2.90. The number of aryl methyl sites for hydroxylation is 2. The van der Waals surface area contributed by atoms with Crippen molar-refractivity contribution in [2.75, 3.05) is 0 Å². The van der Waals surface area contributed by atoms with Crippen LogP contribution in [-0.4, -0.2) is 11.3 Å². The highest BCUT2D eigenvalue weighted by molar-refractivity contribution is 6.31. The minimum atomic E-state index is -0.707. The zero-order valence-electron chi connectivity index (χ0n) is 12.9. The van der Waals surface area contributed by atoms with Crippen molar-refractivity contribution in [3.63, 3.8) is 0 Å². The molecule has 0 atom stereocenters. The Bertz CT molecular complexity index is 1040. The average Bonchev–Trinajstić information content (AvgIpc) is 2.49. The van der Waals surface area contributed by atoms with E-state index in [0.29, 0.717) is 16.7 Å². The summed E-state index contributed by atoms with van der Waals surface area (Å²) in [4.78, 5) is 16.2. The molecule has 1 heterocycles. The maximum atomic E-state index is 13.2. The van der Waals surface area contributed by atoms with Crippen LogP contribution in [0.15, 0.2) is 44.5 Å². The fourth-order valence-corrected chi connectivity index (χ4v) is 2.69. The third-order valence-electron chi connectivity index (χ3n) is 3.60. The molecule has 6 heteroatoms. The zero-order chi connectivity index (χ0) is 17.4. The van der Waals surface area contributed by atoms with E-state index in [4.69, 9.17) is 16.0 Å². The van der Waals surface area contributed by atoms with Crippen molar-refractivity contribution >= 4 is 34.5 Å². The number of rotatable bonds is 2. The van der Waals surface area contributed by atoms with Crippen LogP contribution in [0, 0.1) is 19.7 Å². The third-order valence-corrected chi connectivity index (χ3v) is 3.89. The lowest BCUT2D eigenvalue weighted by Gasteiger charge is -2.07. The molecule has 0 bridgehead atoms. The maximum absolute atomic E-state index is 13.2. The second-order valence-corrected chi connectivity index (χ2v) is 5.87. The molecule has 0 spiro atoms. The van der Waals surface area contributed by atoms with Gasteiger partial charge in [-0.3, -0.25) is 4.99 Å². The molecule has 1 aromatic heterocycles. The molecule has 0 radical (unpaired) electrons. The summed E-state index contributed by atoms with van der Waals surface area (Å²) in [5, 5.41) is 10.8. The van der Waals surface area contributed by atoms with Crippen molar-refractivity contribution < 1.29 is 13.9 Å². The molecule has 0 fully saturated rings. The molecule has 24 heavy (non-hydrogen) atoms. The topological polar surface area (TPSA) is 62.8 Å². The van der Waals surface area contributed by atoms with Crippen molar-refractivity contribution in [1.82, 2.24) is 0 Å². The van der Waals surface area contributed by atoms with Crippen LogP contribution in [0.25, 0.3) is 11.0 Å². The fourth-order valence-electron chi connectivity index (χ4n) is 2.52. The predicted octanol–water partition coefficient (Wildman–Crippen LogP) is 4.66. The van der Waals surface area contributed by atoms with E-state index in [1.54, 1.807) is 6.07 Å². The highest BCUT2D eigenvalue weighted by atomic mass is 35.5. The second kappa shape index (κ2) is 6.09. The van der Waals surface area contributed by atoms with Crippen molar-refractivity contribution in [2.24, 2.45) is 4.99 Å².